The molecule has 0 amide bonds. The van der Waals surface area contributed by atoms with E-state index < -0.39 is 0 Å². The van der Waals surface area contributed by atoms with E-state index in [4.69, 9.17) is 0 Å². The van der Waals surface area contributed by atoms with Gasteiger partial charge in [0, 0.05) is 34.5 Å². The zero-order valence-electron chi connectivity index (χ0n) is 10.8. The van der Waals surface area contributed by atoms with Gasteiger partial charge >= 0.3 is 0 Å². The molecule has 0 saturated heterocycles. The Kier molecular flexibility index (Phi) is 2.36. The number of pyridine rings is 1. The standard InChI is InChI=1S/C16H13N3O/c20-14-8-13-15(12-6-2-1-5-11(12)14)19-16(18-13)10-4-3-7-17-9-10/h3-9,20H,1-2H2,(H,18,19). The number of nitrogens with zero attached hydrogens (tertiary/aromatic N) is 2. The fraction of sp³-hybridized carbons (Fsp3) is 0.125. The molecule has 3 aromatic rings. The van der Waals surface area contributed by atoms with E-state index in [0.717, 1.165) is 45.7 Å². The van der Waals surface area contributed by atoms with Crippen molar-refractivity contribution in [2.45, 2.75) is 12.8 Å². The van der Waals surface area contributed by atoms with Crippen LogP contribution >= 0.6 is 0 Å². The van der Waals surface area contributed by atoms with Gasteiger partial charge in [0.05, 0.1) is 11.0 Å². The average Bonchev–Trinajstić information content (AvgIpc) is 2.93. The minimum Gasteiger partial charge on any atom is -0.507 e. The first-order valence-electron chi connectivity index (χ1n) is 6.65. The second kappa shape index (κ2) is 4.20. The molecule has 4 nitrogen and oxygen atoms in total. The van der Waals surface area contributed by atoms with E-state index in [2.05, 4.69) is 27.1 Å². The summed E-state index contributed by atoms with van der Waals surface area (Å²) >= 11 is 0. The molecule has 2 heterocycles. The van der Waals surface area contributed by atoms with Gasteiger partial charge in [-0.15, -0.1) is 0 Å². The summed E-state index contributed by atoms with van der Waals surface area (Å²) in [5.41, 5.74) is 2.70. The Morgan fingerprint density at radius 2 is 2.00 bits per heavy atom. The molecule has 2 aromatic heterocycles. The van der Waals surface area contributed by atoms with Crippen LogP contribution in [0.25, 0.3) is 34.6 Å². The summed E-state index contributed by atoms with van der Waals surface area (Å²) in [5.74, 6) is 1.09. The minimum atomic E-state index is 0.310. The number of nitrogens with one attached hydrogen (secondary N) is 1. The minimum absolute atomic E-state index is 0.310. The highest BCUT2D eigenvalue weighted by molar-refractivity contribution is 5.82. The van der Waals surface area contributed by atoms with Crippen LogP contribution < -0.4 is 10.4 Å². The molecule has 0 spiro atoms. The Balaban J connectivity index is 2.07. The molecule has 0 saturated carbocycles. The maximum atomic E-state index is 10.1. The lowest BCUT2D eigenvalue weighted by Crippen LogP contribution is -2.27. The van der Waals surface area contributed by atoms with Crippen molar-refractivity contribution in [3.05, 3.63) is 41.0 Å². The first-order chi connectivity index (χ1) is 9.83. The third-order valence-electron chi connectivity index (χ3n) is 3.63. The van der Waals surface area contributed by atoms with Crippen LogP contribution in [0.1, 0.15) is 12.8 Å². The van der Waals surface area contributed by atoms with Crippen molar-refractivity contribution in [3.63, 3.8) is 0 Å². The SMILES string of the molecule is Oc1cc2[nH]c(-c3cccnc3)nc2c2c1=CCCC=2. The van der Waals surface area contributed by atoms with E-state index in [1.165, 1.54) is 0 Å². The fourth-order valence-electron chi connectivity index (χ4n) is 2.69. The first-order valence-corrected chi connectivity index (χ1v) is 6.65. The van der Waals surface area contributed by atoms with Crippen LogP contribution in [0.2, 0.25) is 0 Å². The van der Waals surface area contributed by atoms with E-state index in [1.54, 1.807) is 18.5 Å². The molecular weight excluding hydrogens is 250 g/mol. The van der Waals surface area contributed by atoms with Gasteiger partial charge in [-0.2, -0.15) is 0 Å². The number of H-pyrrole nitrogens is 1. The summed E-state index contributed by atoms with van der Waals surface area (Å²) < 4.78 is 0. The lowest BCUT2D eigenvalue weighted by atomic mass is 10.1. The molecule has 1 aliphatic carbocycles. The number of phenols is 1. The van der Waals surface area contributed by atoms with Crippen LogP contribution in [0.4, 0.5) is 0 Å². The number of hydrogen-bond acceptors (Lipinski definition) is 3. The van der Waals surface area contributed by atoms with Gasteiger partial charge < -0.3 is 10.1 Å². The number of aromatic hydroxyl groups is 1. The molecule has 0 radical (unpaired) electrons. The topological polar surface area (TPSA) is 61.8 Å². The number of rotatable bonds is 1. The van der Waals surface area contributed by atoms with Crippen LogP contribution in [0.15, 0.2) is 30.6 Å². The van der Waals surface area contributed by atoms with Crippen molar-refractivity contribution in [1.29, 1.82) is 0 Å². The molecule has 0 unspecified atom stereocenters. The zero-order valence-corrected chi connectivity index (χ0v) is 10.8. The second-order valence-electron chi connectivity index (χ2n) is 4.93. The van der Waals surface area contributed by atoms with Gasteiger partial charge in [-0.3, -0.25) is 4.98 Å². The van der Waals surface area contributed by atoms with Gasteiger partial charge in [0.1, 0.15) is 11.6 Å². The van der Waals surface area contributed by atoms with E-state index >= 15 is 0 Å². The Hall–Kier alpha value is -2.62. The van der Waals surface area contributed by atoms with Crippen molar-refractivity contribution in [3.8, 4) is 17.1 Å². The molecule has 1 aliphatic rings. The van der Waals surface area contributed by atoms with Crippen LogP contribution in [-0.2, 0) is 0 Å². The molecular formula is C16H13N3O. The molecule has 4 rings (SSSR count). The molecule has 0 bridgehead atoms. The lowest BCUT2D eigenvalue weighted by molar-refractivity contribution is 0.471. The molecule has 98 valence electrons. The number of benzene rings is 1. The number of fused-ring (bicyclic) bond motifs is 3. The molecule has 2 N–H and O–H groups in total. The Morgan fingerprint density at radius 1 is 1.15 bits per heavy atom. The van der Waals surface area contributed by atoms with E-state index in [-0.39, 0.29) is 0 Å². The Bertz CT molecular complexity index is 910. The number of phenolic OH excluding ortho intramolecular Hbond substituents is 1. The third kappa shape index (κ3) is 1.61. The van der Waals surface area contributed by atoms with Crippen molar-refractivity contribution in [2.24, 2.45) is 0 Å². The van der Waals surface area contributed by atoms with Crippen molar-refractivity contribution >= 4 is 23.2 Å². The van der Waals surface area contributed by atoms with Gasteiger partial charge in [0.2, 0.25) is 0 Å². The highest BCUT2D eigenvalue weighted by Crippen LogP contribution is 2.19. The summed E-state index contributed by atoms with van der Waals surface area (Å²) in [5, 5.41) is 12.0. The van der Waals surface area contributed by atoms with Crippen LogP contribution in [-0.4, -0.2) is 20.1 Å². The summed E-state index contributed by atoms with van der Waals surface area (Å²) in [6.07, 6.45) is 9.68. The quantitative estimate of drug-likeness (QED) is 0.702. The fourth-order valence-corrected chi connectivity index (χ4v) is 2.69. The number of aromatic nitrogens is 3. The predicted octanol–water partition coefficient (Wildman–Crippen LogP) is 1.69. The second-order valence-corrected chi connectivity index (χ2v) is 4.93. The van der Waals surface area contributed by atoms with E-state index in [1.807, 2.05) is 12.1 Å². The van der Waals surface area contributed by atoms with Crippen molar-refractivity contribution in [1.82, 2.24) is 15.0 Å². The normalized spacial score (nSPS) is 13.6. The largest absolute Gasteiger partial charge is 0.507 e. The third-order valence-corrected chi connectivity index (χ3v) is 3.63. The van der Waals surface area contributed by atoms with E-state index in [0.29, 0.717) is 5.75 Å². The lowest BCUT2D eigenvalue weighted by Gasteiger charge is -2.02. The van der Waals surface area contributed by atoms with Gasteiger partial charge in [-0.25, -0.2) is 4.98 Å². The monoisotopic (exact) mass is 263 g/mol. The van der Waals surface area contributed by atoms with Crippen molar-refractivity contribution in [2.75, 3.05) is 0 Å². The zero-order chi connectivity index (χ0) is 13.5. The van der Waals surface area contributed by atoms with Crippen LogP contribution in [0, 0.1) is 0 Å². The van der Waals surface area contributed by atoms with Crippen LogP contribution in [0.3, 0.4) is 0 Å². The van der Waals surface area contributed by atoms with Gasteiger partial charge in [0.25, 0.3) is 0 Å². The molecule has 4 heteroatoms. The van der Waals surface area contributed by atoms with Gasteiger partial charge in [-0.05, 0) is 25.0 Å². The predicted molar refractivity (Wildman–Crippen MR) is 78.4 cm³/mol. The van der Waals surface area contributed by atoms with Gasteiger partial charge in [0.15, 0.2) is 0 Å². The summed E-state index contributed by atoms with van der Waals surface area (Å²) in [6.45, 7) is 0. The number of hydrogen-bond donors (Lipinski definition) is 2. The highest BCUT2D eigenvalue weighted by Gasteiger charge is 2.10. The number of imidazole rings is 1. The molecule has 0 aliphatic heterocycles. The molecule has 0 atom stereocenters. The average molecular weight is 263 g/mol. The maximum absolute atomic E-state index is 10.1. The number of aromatic amines is 1. The Morgan fingerprint density at radius 3 is 2.80 bits per heavy atom. The summed E-state index contributed by atoms with van der Waals surface area (Å²) in [6, 6.07) is 5.60. The molecule has 0 fully saturated rings. The highest BCUT2D eigenvalue weighted by atomic mass is 16.3. The first kappa shape index (κ1) is 11.2. The van der Waals surface area contributed by atoms with Crippen molar-refractivity contribution < 1.29 is 5.11 Å². The smallest absolute Gasteiger partial charge is 0.140 e. The molecule has 1 aromatic carbocycles. The van der Waals surface area contributed by atoms with E-state index in [9.17, 15) is 5.11 Å². The van der Waals surface area contributed by atoms with Gasteiger partial charge in [-0.1, -0.05) is 12.2 Å². The van der Waals surface area contributed by atoms with Crippen LogP contribution in [0.5, 0.6) is 5.75 Å². The maximum Gasteiger partial charge on any atom is 0.140 e. The molecule has 20 heavy (non-hydrogen) atoms. The summed E-state index contributed by atoms with van der Waals surface area (Å²) in [4.78, 5) is 12.1. The Labute approximate surface area is 115 Å². The summed E-state index contributed by atoms with van der Waals surface area (Å²) in [7, 11) is 0.